The molecule has 0 saturated carbocycles. The van der Waals surface area contributed by atoms with Gasteiger partial charge in [0.05, 0.1) is 0 Å². The summed E-state index contributed by atoms with van der Waals surface area (Å²) in [6, 6.07) is 12.8. The Bertz CT molecular complexity index is 1110. The fourth-order valence-corrected chi connectivity index (χ4v) is 3.69. The summed E-state index contributed by atoms with van der Waals surface area (Å²) in [7, 11) is 0. The van der Waals surface area contributed by atoms with Gasteiger partial charge >= 0.3 is 5.63 Å². The Labute approximate surface area is 169 Å². The van der Waals surface area contributed by atoms with E-state index < -0.39 is 5.63 Å². The minimum atomic E-state index is -0.405. The summed E-state index contributed by atoms with van der Waals surface area (Å²) in [5.74, 6) is 0.232. The molecule has 2 aromatic carbocycles. The number of hydrogen-bond acceptors (Lipinski definition) is 5. The summed E-state index contributed by atoms with van der Waals surface area (Å²) >= 11 is 0. The Balaban J connectivity index is 1.40. The van der Waals surface area contributed by atoms with Crippen LogP contribution in [0.4, 0.5) is 11.4 Å². The molecule has 1 amide bonds. The fraction of sp³-hybridized carbons (Fsp3) is 0.304. The molecule has 3 aromatic rings. The van der Waals surface area contributed by atoms with E-state index in [0.29, 0.717) is 11.3 Å². The highest BCUT2D eigenvalue weighted by Crippen LogP contribution is 2.26. The van der Waals surface area contributed by atoms with Crippen LogP contribution in [0.2, 0.25) is 0 Å². The number of carbonyl (C=O) groups excluding carboxylic acids is 1. The van der Waals surface area contributed by atoms with Crippen molar-refractivity contribution in [1.82, 2.24) is 0 Å². The molecule has 6 nitrogen and oxygen atoms in total. The predicted octanol–water partition coefficient (Wildman–Crippen LogP) is 4.03. The summed E-state index contributed by atoms with van der Waals surface area (Å²) in [6.07, 6.45) is 2.46. The highest BCUT2D eigenvalue weighted by Gasteiger charge is 2.14. The number of aryl methyl sites for hydroxylation is 2. The highest BCUT2D eigenvalue weighted by molar-refractivity contribution is 5.93. The summed E-state index contributed by atoms with van der Waals surface area (Å²) < 4.78 is 10.8. The van der Waals surface area contributed by atoms with Crippen molar-refractivity contribution >= 4 is 28.3 Å². The molecule has 0 bridgehead atoms. The number of nitrogens with one attached hydrogen (secondary N) is 1. The van der Waals surface area contributed by atoms with Gasteiger partial charge < -0.3 is 19.4 Å². The van der Waals surface area contributed by atoms with Crippen LogP contribution in [0.3, 0.4) is 0 Å². The van der Waals surface area contributed by atoms with E-state index >= 15 is 0 Å². The van der Waals surface area contributed by atoms with Crippen molar-refractivity contribution in [3.05, 3.63) is 64.0 Å². The number of amides is 1. The van der Waals surface area contributed by atoms with Crippen LogP contribution in [-0.4, -0.2) is 25.6 Å². The topological polar surface area (TPSA) is 71.8 Å². The van der Waals surface area contributed by atoms with E-state index in [-0.39, 0.29) is 12.5 Å². The molecule has 150 valence electrons. The van der Waals surface area contributed by atoms with Gasteiger partial charge in [0.1, 0.15) is 11.3 Å². The highest BCUT2D eigenvalue weighted by atomic mass is 16.5. The molecule has 1 fully saturated rings. The second-order valence-electron chi connectivity index (χ2n) is 7.44. The second-order valence-corrected chi connectivity index (χ2v) is 7.44. The smallest absolute Gasteiger partial charge is 0.336 e. The van der Waals surface area contributed by atoms with Gasteiger partial charge in [0.15, 0.2) is 6.61 Å². The van der Waals surface area contributed by atoms with Crippen molar-refractivity contribution in [2.24, 2.45) is 0 Å². The molecule has 1 aromatic heterocycles. The lowest BCUT2D eigenvalue weighted by molar-refractivity contribution is -0.118. The summed E-state index contributed by atoms with van der Waals surface area (Å²) in [5, 5.41) is 3.74. The molecule has 29 heavy (non-hydrogen) atoms. The van der Waals surface area contributed by atoms with Gasteiger partial charge in [-0.1, -0.05) is 0 Å². The van der Waals surface area contributed by atoms with Crippen LogP contribution in [0.1, 0.15) is 24.0 Å². The average Bonchev–Trinajstić information content (AvgIpc) is 3.22. The quantitative estimate of drug-likeness (QED) is 0.664. The summed E-state index contributed by atoms with van der Waals surface area (Å²) in [4.78, 5) is 26.2. The Morgan fingerprint density at radius 1 is 1.07 bits per heavy atom. The lowest BCUT2D eigenvalue weighted by Crippen LogP contribution is -2.21. The molecule has 0 aliphatic carbocycles. The molecule has 0 atom stereocenters. The van der Waals surface area contributed by atoms with Gasteiger partial charge in [0, 0.05) is 42.0 Å². The van der Waals surface area contributed by atoms with Crippen molar-refractivity contribution in [3.8, 4) is 5.75 Å². The first-order valence-corrected chi connectivity index (χ1v) is 9.82. The van der Waals surface area contributed by atoms with E-state index in [0.717, 1.165) is 35.3 Å². The molecule has 0 spiro atoms. The zero-order valence-corrected chi connectivity index (χ0v) is 16.7. The molecule has 1 aliphatic heterocycles. The number of nitrogens with zero attached hydrogens (tertiary/aromatic N) is 1. The van der Waals surface area contributed by atoms with E-state index in [1.165, 1.54) is 24.6 Å². The van der Waals surface area contributed by atoms with Crippen LogP contribution in [0.5, 0.6) is 5.75 Å². The second kappa shape index (κ2) is 7.99. The number of hydrogen-bond donors (Lipinski definition) is 1. The summed E-state index contributed by atoms with van der Waals surface area (Å²) in [5.41, 5.74) is 3.88. The predicted molar refractivity (Wildman–Crippen MR) is 114 cm³/mol. The molecule has 1 saturated heterocycles. The van der Waals surface area contributed by atoms with Crippen LogP contribution in [0.25, 0.3) is 11.0 Å². The molecule has 1 N–H and O–H groups in total. The number of fused-ring (bicyclic) bond motifs is 1. The average molecular weight is 392 g/mol. The van der Waals surface area contributed by atoms with E-state index in [2.05, 4.69) is 16.3 Å². The Kier molecular flexibility index (Phi) is 5.25. The van der Waals surface area contributed by atoms with Crippen molar-refractivity contribution in [2.75, 3.05) is 29.9 Å². The van der Waals surface area contributed by atoms with Gasteiger partial charge in [-0.05, 0) is 68.1 Å². The maximum atomic E-state index is 12.3. The Morgan fingerprint density at radius 3 is 2.62 bits per heavy atom. The molecule has 1 aliphatic rings. The monoisotopic (exact) mass is 392 g/mol. The first kappa shape index (κ1) is 19.1. The molecule has 4 rings (SSSR count). The van der Waals surface area contributed by atoms with E-state index in [1.54, 1.807) is 12.1 Å². The third kappa shape index (κ3) is 4.26. The zero-order chi connectivity index (χ0) is 20.4. The van der Waals surface area contributed by atoms with Crippen molar-refractivity contribution < 1.29 is 13.9 Å². The maximum absolute atomic E-state index is 12.3. The molecular weight excluding hydrogens is 368 g/mol. The van der Waals surface area contributed by atoms with E-state index in [4.69, 9.17) is 9.15 Å². The van der Waals surface area contributed by atoms with Gasteiger partial charge in [-0.25, -0.2) is 4.79 Å². The SMILES string of the molecule is Cc1cc(N2CCCC2)ccc1NC(=O)COc1ccc2c(C)cc(=O)oc2c1. The van der Waals surface area contributed by atoms with Crippen LogP contribution >= 0.6 is 0 Å². The number of ether oxygens (including phenoxy) is 1. The van der Waals surface area contributed by atoms with E-state index in [1.807, 2.05) is 32.0 Å². The van der Waals surface area contributed by atoms with Gasteiger partial charge in [0.25, 0.3) is 5.91 Å². The first-order valence-electron chi connectivity index (χ1n) is 9.82. The lowest BCUT2D eigenvalue weighted by Gasteiger charge is -2.19. The van der Waals surface area contributed by atoms with Crippen molar-refractivity contribution in [1.29, 1.82) is 0 Å². The van der Waals surface area contributed by atoms with Crippen LogP contribution in [0, 0.1) is 13.8 Å². The number of benzene rings is 2. The number of carbonyl (C=O) groups is 1. The van der Waals surface area contributed by atoms with Gasteiger partial charge in [0.2, 0.25) is 0 Å². The summed E-state index contributed by atoms with van der Waals surface area (Å²) in [6.45, 7) is 5.89. The normalized spacial score (nSPS) is 13.7. The van der Waals surface area contributed by atoms with Gasteiger partial charge in [-0.2, -0.15) is 0 Å². The molecule has 2 heterocycles. The standard InChI is InChI=1S/C23H24N2O4/c1-15-12-23(27)29-21-13-18(6-7-19(15)21)28-14-22(26)24-20-8-5-17(11-16(20)2)25-9-3-4-10-25/h5-8,11-13H,3-4,9-10,14H2,1-2H3,(H,24,26). The number of rotatable bonds is 5. The van der Waals surface area contributed by atoms with Crippen LogP contribution in [0.15, 0.2) is 51.7 Å². The molecule has 6 heteroatoms. The molecule has 0 unspecified atom stereocenters. The van der Waals surface area contributed by atoms with Gasteiger partial charge in [-0.15, -0.1) is 0 Å². The maximum Gasteiger partial charge on any atom is 0.336 e. The Hall–Kier alpha value is -3.28. The van der Waals surface area contributed by atoms with Crippen molar-refractivity contribution in [3.63, 3.8) is 0 Å². The first-order chi connectivity index (χ1) is 14.0. The fourth-order valence-electron chi connectivity index (χ4n) is 3.69. The largest absolute Gasteiger partial charge is 0.484 e. The number of anilines is 2. The Morgan fingerprint density at radius 2 is 1.86 bits per heavy atom. The van der Waals surface area contributed by atoms with Crippen LogP contribution in [-0.2, 0) is 4.79 Å². The lowest BCUT2D eigenvalue weighted by atomic mass is 10.1. The molecule has 0 radical (unpaired) electrons. The third-order valence-corrected chi connectivity index (χ3v) is 5.25. The molecular formula is C23H24N2O4. The van der Waals surface area contributed by atoms with Crippen LogP contribution < -0.4 is 20.6 Å². The van der Waals surface area contributed by atoms with Crippen molar-refractivity contribution in [2.45, 2.75) is 26.7 Å². The minimum absolute atomic E-state index is 0.130. The zero-order valence-electron chi connectivity index (χ0n) is 16.7. The minimum Gasteiger partial charge on any atom is -0.484 e. The van der Waals surface area contributed by atoms with E-state index in [9.17, 15) is 9.59 Å². The van der Waals surface area contributed by atoms with Gasteiger partial charge in [-0.3, -0.25) is 4.79 Å². The third-order valence-electron chi connectivity index (χ3n) is 5.25.